The Morgan fingerprint density at radius 1 is 0.973 bits per heavy atom. The molecule has 5 rings (SSSR count). The summed E-state index contributed by atoms with van der Waals surface area (Å²) in [5.41, 5.74) is 4.05. The second-order valence-corrected chi connectivity index (χ2v) is 9.31. The van der Waals surface area contributed by atoms with E-state index in [9.17, 15) is 18.4 Å². The number of ketones is 1. The van der Waals surface area contributed by atoms with Crippen LogP contribution in [0.4, 0.5) is 8.78 Å². The van der Waals surface area contributed by atoms with Crippen LogP contribution in [0, 0.1) is 17.6 Å². The molecule has 1 heterocycles. The minimum atomic E-state index is -0.385. The molecular weight excluding hydrogens is 474 g/mol. The molecule has 1 saturated carbocycles. The summed E-state index contributed by atoms with van der Waals surface area (Å²) in [6, 6.07) is 18.7. The van der Waals surface area contributed by atoms with Gasteiger partial charge in [-0.2, -0.15) is 5.10 Å². The van der Waals surface area contributed by atoms with Gasteiger partial charge in [0, 0.05) is 11.5 Å². The number of allylic oxidation sites excluding steroid dienone is 1. The van der Waals surface area contributed by atoms with Gasteiger partial charge >= 0.3 is 0 Å². The predicted octanol–water partition coefficient (Wildman–Crippen LogP) is 6.37. The highest BCUT2D eigenvalue weighted by Gasteiger charge is 2.43. The van der Waals surface area contributed by atoms with E-state index in [-0.39, 0.29) is 41.9 Å². The number of hydrogen-bond acceptors (Lipinski definition) is 4. The Labute approximate surface area is 214 Å². The van der Waals surface area contributed by atoms with Crippen molar-refractivity contribution in [1.29, 1.82) is 0 Å². The van der Waals surface area contributed by atoms with Gasteiger partial charge in [-0.3, -0.25) is 9.59 Å². The number of amides is 1. The van der Waals surface area contributed by atoms with Gasteiger partial charge in [-0.1, -0.05) is 24.3 Å². The Balaban J connectivity index is 1.43. The fourth-order valence-electron chi connectivity index (χ4n) is 4.96. The maximum absolute atomic E-state index is 13.7. The lowest BCUT2D eigenvalue weighted by atomic mass is 9.77. The van der Waals surface area contributed by atoms with Crippen LogP contribution in [0.5, 0.6) is 5.75 Å². The quantitative estimate of drug-likeness (QED) is 0.370. The van der Waals surface area contributed by atoms with Crippen LogP contribution in [0.1, 0.15) is 53.7 Å². The molecule has 2 aliphatic rings. The summed E-state index contributed by atoms with van der Waals surface area (Å²) >= 11 is 0. The SMILES string of the molecule is CC(=O)c1ccc(OCC(=O)N2N=C3/C(=C\c4ccc(F)cc4)CCCC3C2c2ccc(F)cc2)cc1. The number of fused-ring (bicyclic) bond motifs is 1. The largest absolute Gasteiger partial charge is 0.484 e. The molecule has 37 heavy (non-hydrogen) atoms. The second kappa shape index (κ2) is 10.5. The smallest absolute Gasteiger partial charge is 0.281 e. The average molecular weight is 501 g/mol. The molecule has 0 saturated heterocycles. The molecule has 3 aromatic carbocycles. The maximum Gasteiger partial charge on any atom is 0.281 e. The Kier molecular flexibility index (Phi) is 6.95. The second-order valence-electron chi connectivity index (χ2n) is 9.31. The first-order chi connectivity index (χ1) is 17.9. The van der Waals surface area contributed by atoms with Crippen molar-refractivity contribution in [2.75, 3.05) is 6.61 Å². The standard InChI is InChI=1S/C30H26F2N2O3/c1-19(35)21-9-15-26(16-10-21)37-18-28(36)34-30(22-7-13-25(32)14-8-22)27-4-2-3-23(29(27)33-34)17-20-5-11-24(31)12-6-20/h5-17,27,30H,2-4,18H2,1H3/b23-17-. The van der Waals surface area contributed by atoms with Gasteiger partial charge in [-0.05, 0) is 97.5 Å². The Hall–Kier alpha value is -4.13. The first-order valence-electron chi connectivity index (χ1n) is 12.3. The zero-order valence-corrected chi connectivity index (χ0v) is 20.4. The van der Waals surface area contributed by atoms with E-state index in [2.05, 4.69) is 0 Å². The van der Waals surface area contributed by atoms with Crippen LogP contribution in [0.15, 0.2) is 83.5 Å². The van der Waals surface area contributed by atoms with Gasteiger partial charge in [0.2, 0.25) is 0 Å². The number of nitrogens with zero attached hydrogens (tertiary/aromatic N) is 2. The monoisotopic (exact) mass is 500 g/mol. The molecule has 5 nitrogen and oxygen atoms in total. The number of hydrazone groups is 1. The molecule has 1 aliphatic carbocycles. The maximum atomic E-state index is 13.7. The summed E-state index contributed by atoms with van der Waals surface area (Å²) in [4.78, 5) is 24.9. The summed E-state index contributed by atoms with van der Waals surface area (Å²) in [6.45, 7) is 1.25. The molecule has 3 aromatic rings. The molecule has 2 unspecified atom stereocenters. The fraction of sp³-hybridized carbons (Fsp3) is 0.233. The molecule has 1 fully saturated rings. The van der Waals surface area contributed by atoms with Crippen molar-refractivity contribution < 1.29 is 23.1 Å². The van der Waals surface area contributed by atoms with Crippen molar-refractivity contribution >= 4 is 23.5 Å². The third-order valence-electron chi connectivity index (χ3n) is 6.80. The van der Waals surface area contributed by atoms with E-state index in [4.69, 9.17) is 9.84 Å². The summed E-state index contributed by atoms with van der Waals surface area (Å²) in [5.74, 6) is -0.607. The molecule has 2 atom stereocenters. The van der Waals surface area contributed by atoms with E-state index in [1.54, 1.807) is 48.5 Å². The van der Waals surface area contributed by atoms with Crippen LogP contribution in [0.25, 0.3) is 6.08 Å². The van der Waals surface area contributed by atoms with Gasteiger partial charge in [0.25, 0.3) is 5.91 Å². The molecule has 0 spiro atoms. The van der Waals surface area contributed by atoms with Crippen molar-refractivity contribution in [3.05, 3.63) is 107 Å². The van der Waals surface area contributed by atoms with E-state index < -0.39 is 0 Å². The highest BCUT2D eigenvalue weighted by Crippen LogP contribution is 2.44. The minimum Gasteiger partial charge on any atom is -0.484 e. The van der Waals surface area contributed by atoms with Crippen molar-refractivity contribution in [3.8, 4) is 5.75 Å². The molecule has 1 aliphatic heterocycles. The zero-order chi connectivity index (χ0) is 25.9. The van der Waals surface area contributed by atoms with Gasteiger partial charge in [0.05, 0.1) is 11.8 Å². The van der Waals surface area contributed by atoms with Crippen molar-refractivity contribution in [2.45, 2.75) is 32.2 Å². The first kappa shape index (κ1) is 24.6. The minimum absolute atomic E-state index is 0.0511. The zero-order valence-electron chi connectivity index (χ0n) is 20.4. The van der Waals surface area contributed by atoms with Crippen LogP contribution >= 0.6 is 0 Å². The van der Waals surface area contributed by atoms with E-state index >= 15 is 0 Å². The number of hydrogen-bond donors (Lipinski definition) is 0. The van der Waals surface area contributed by atoms with E-state index in [0.29, 0.717) is 11.3 Å². The molecule has 7 heteroatoms. The van der Waals surface area contributed by atoms with Crippen LogP contribution < -0.4 is 4.74 Å². The molecule has 0 bridgehead atoms. The predicted molar refractivity (Wildman–Crippen MR) is 137 cm³/mol. The summed E-state index contributed by atoms with van der Waals surface area (Å²) < 4.78 is 32.8. The molecule has 1 amide bonds. The molecule has 0 N–H and O–H groups in total. The highest BCUT2D eigenvalue weighted by atomic mass is 19.1. The highest BCUT2D eigenvalue weighted by molar-refractivity contribution is 6.08. The number of ether oxygens (including phenoxy) is 1. The number of carbonyl (C=O) groups excluding carboxylic acids is 2. The van der Waals surface area contributed by atoms with Crippen LogP contribution in [-0.2, 0) is 4.79 Å². The van der Waals surface area contributed by atoms with Gasteiger partial charge in [-0.25, -0.2) is 13.8 Å². The summed E-state index contributed by atoms with van der Waals surface area (Å²) in [7, 11) is 0. The molecular formula is C30H26F2N2O3. The number of halogens is 2. The van der Waals surface area contributed by atoms with Crippen molar-refractivity contribution in [3.63, 3.8) is 0 Å². The Morgan fingerprint density at radius 3 is 2.27 bits per heavy atom. The van der Waals surface area contributed by atoms with E-state index in [1.807, 2.05) is 6.08 Å². The topological polar surface area (TPSA) is 59.0 Å². The Morgan fingerprint density at radius 2 is 1.62 bits per heavy atom. The third kappa shape index (κ3) is 5.35. The van der Waals surface area contributed by atoms with Crippen molar-refractivity contribution in [2.24, 2.45) is 11.0 Å². The average Bonchev–Trinajstić information content (AvgIpc) is 3.30. The van der Waals surface area contributed by atoms with Gasteiger partial charge < -0.3 is 4.74 Å². The molecule has 188 valence electrons. The van der Waals surface area contributed by atoms with E-state index in [0.717, 1.165) is 41.7 Å². The fourth-order valence-corrected chi connectivity index (χ4v) is 4.96. The first-order valence-corrected chi connectivity index (χ1v) is 12.3. The van der Waals surface area contributed by atoms with Gasteiger partial charge in [-0.15, -0.1) is 0 Å². The number of rotatable bonds is 6. The van der Waals surface area contributed by atoms with Gasteiger partial charge in [0.15, 0.2) is 12.4 Å². The lowest BCUT2D eigenvalue weighted by Gasteiger charge is -2.29. The van der Waals surface area contributed by atoms with Gasteiger partial charge in [0.1, 0.15) is 17.4 Å². The lowest BCUT2D eigenvalue weighted by molar-refractivity contribution is -0.135. The Bertz CT molecular complexity index is 1360. The molecule has 0 radical (unpaired) electrons. The molecule has 0 aromatic heterocycles. The lowest BCUT2D eigenvalue weighted by Crippen LogP contribution is -2.34. The van der Waals surface area contributed by atoms with Crippen LogP contribution in [-0.4, -0.2) is 29.0 Å². The third-order valence-corrected chi connectivity index (χ3v) is 6.80. The van der Waals surface area contributed by atoms with E-state index in [1.165, 1.54) is 36.2 Å². The number of Topliss-reactive ketones (excluding diaryl/α,β-unsaturated/α-hetero) is 1. The summed E-state index contributed by atoms with van der Waals surface area (Å²) in [5, 5.41) is 6.23. The normalized spacial score (nSPS) is 19.9. The van der Waals surface area contributed by atoms with Crippen molar-refractivity contribution in [1.82, 2.24) is 5.01 Å². The van der Waals surface area contributed by atoms with Crippen LogP contribution in [0.3, 0.4) is 0 Å². The van der Waals surface area contributed by atoms with Crippen LogP contribution in [0.2, 0.25) is 0 Å². The number of benzene rings is 3. The number of carbonyl (C=O) groups is 2. The summed E-state index contributed by atoms with van der Waals surface area (Å²) in [6.07, 6.45) is 4.53.